The van der Waals surface area contributed by atoms with Crippen molar-refractivity contribution in [2.45, 2.75) is 33.2 Å². The van der Waals surface area contributed by atoms with E-state index in [1.807, 2.05) is 36.7 Å². The maximum atomic E-state index is 6.27. The lowest BCUT2D eigenvalue weighted by Crippen LogP contribution is -2.16. The Morgan fingerprint density at radius 1 is 1.03 bits per heavy atom. The van der Waals surface area contributed by atoms with Crippen LogP contribution in [0.4, 0.5) is 5.82 Å². The Morgan fingerprint density at radius 3 is 2.59 bits per heavy atom. The Morgan fingerprint density at radius 2 is 1.83 bits per heavy atom. The van der Waals surface area contributed by atoms with Crippen molar-refractivity contribution < 1.29 is 0 Å². The number of rotatable bonds is 5. The van der Waals surface area contributed by atoms with Crippen molar-refractivity contribution in [1.29, 1.82) is 0 Å². The number of fused-ring (bicyclic) bond motifs is 1. The van der Waals surface area contributed by atoms with Crippen LogP contribution in [0.1, 0.15) is 37.0 Å². The number of aromatic nitrogens is 6. The summed E-state index contributed by atoms with van der Waals surface area (Å²) >= 11 is 12.3. The zero-order chi connectivity index (χ0) is 20.5. The largest absolute Gasteiger partial charge is 0.360 e. The van der Waals surface area contributed by atoms with Crippen LogP contribution in [-0.2, 0) is 6.42 Å². The lowest BCUT2D eigenvalue weighted by molar-refractivity contribution is 0.736. The van der Waals surface area contributed by atoms with Gasteiger partial charge in [-0.05, 0) is 38.0 Å². The molecule has 0 saturated carbocycles. The van der Waals surface area contributed by atoms with Crippen LogP contribution in [0.3, 0.4) is 0 Å². The molecule has 7 nitrogen and oxygen atoms in total. The maximum Gasteiger partial charge on any atom is 0.143 e. The molecule has 1 aromatic carbocycles. The van der Waals surface area contributed by atoms with Gasteiger partial charge in [-0.15, -0.1) is 0 Å². The summed E-state index contributed by atoms with van der Waals surface area (Å²) in [4.78, 5) is 21.8. The molecule has 0 fully saturated rings. The maximum absolute atomic E-state index is 6.27. The van der Waals surface area contributed by atoms with Gasteiger partial charge in [0.05, 0.1) is 11.6 Å². The van der Waals surface area contributed by atoms with E-state index in [2.05, 4.69) is 37.2 Å². The molecule has 9 heteroatoms. The first-order valence-electron chi connectivity index (χ1n) is 9.19. The van der Waals surface area contributed by atoms with E-state index in [0.29, 0.717) is 21.8 Å². The van der Waals surface area contributed by atoms with Crippen molar-refractivity contribution in [2.75, 3.05) is 5.32 Å². The third-order valence-corrected chi connectivity index (χ3v) is 5.13. The van der Waals surface area contributed by atoms with E-state index in [1.54, 1.807) is 12.4 Å². The number of imidazole rings is 1. The number of aryl methyl sites for hydroxylation is 2. The highest BCUT2D eigenvalue weighted by Gasteiger charge is 2.19. The van der Waals surface area contributed by atoms with Crippen molar-refractivity contribution in [3.05, 3.63) is 64.3 Å². The lowest BCUT2D eigenvalue weighted by atomic mass is 10.1. The minimum absolute atomic E-state index is 0.165. The third kappa shape index (κ3) is 3.75. The lowest BCUT2D eigenvalue weighted by Gasteiger charge is -2.18. The molecular weight excluding hydrogens is 409 g/mol. The minimum Gasteiger partial charge on any atom is -0.360 e. The van der Waals surface area contributed by atoms with Crippen LogP contribution in [0.5, 0.6) is 0 Å². The number of halogens is 2. The summed E-state index contributed by atoms with van der Waals surface area (Å²) in [5, 5.41) is 5.34. The summed E-state index contributed by atoms with van der Waals surface area (Å²) in [7, 11) is 0. The highest BCUT2D eigenvalue weighted by atomic mass is 35.5. The normalized spacial score (nSPS) is 12.3. The standard InChI is InChI=1S/C20H19Cl2N7/c1-4-14-8-23-20(29(14)17-7-16(22)24-9-25-17)12(3)28-19-15-6-13(21)5-11(2)18(15)26-10-27-19/h5-10,12H,4H2,1-3H3,(H,26,27,28). The molecule has 0 spiro atoms. The molecule has 4 aromatic rings. The molecule has 3 heterocycles. The van der Waals surface area contributed by atoms with Crippen molar-refractivity contribution in [1.82, 2.24) is 29.5 Å². The molecule has 3 aromatic heterocycles. The van der Waals surface area contributed by atoms with Gasteiger partial charge in [-0.25, -0.2) is 24.9 Å². The zero-order valence-electron chi connectivity index (χ0n) is 16.2. The summed E-state index contributed by atoms with van der Waals surface area (Å²) in [6, 6.07) is 5.32. The van der Waals surface area contributed by atoms with Crippen LogP contribution < -0.4 is 5.32 Å². The predicted molar refractivity (Wildman–Crippen MR) is 115 cm³/mol. The molecule has 0 aliphatic carbocycles. The van der Waals surface area contributed by atoms with Gasteiger partial charge < -0.3 is 5.32 Å². The van der Waals surface area contributed by atoms with Gasteiger partial charge >= 0.3 is 0 Å². The van der Waals surface area contributed by atoms with E-state index in [1.165, 1.54) is 6.33 Å². The van der Waals surface area contributed by atoms with Gasteiger partial charge in [0.1, 0.15) is 35.3 Å². The predicted octanol–water partition coefficient (Wildman–Crippen LogP) is 4.96. The number of hydrogen-bond acceptors (Lipinski definition) is 6. The average molecular weight is 428 g/mol. The first-order valence-corrected chi connectivity index (χ1v) is 9.95. The van der Waals surface area contributed by atoms with Gasteiger partial charge in [0.15, 0.2) is 0 Å². The molecular formula is C20H19Cl2N7. The summed E-state index contributed by atoms with van der Waals surface area (Å²) in [6.45, 7) is 6.07. The molecule has 4 rings (SSSR count). The Kier molecular flexibility index (Phi) is 5.34. The highest BCUT2D eigenvalue weighted by molar-refractivity contribution is 6.31. The Labute approximate surface area is 178 Å². The topological polar surface area (TPSA) is 81.4 Å². The number of nitrogens with one attached hydrogen (secondary N) is 1. The fraction of sp³-hybridized carbons (Fsp3) is 0.250. The van der Waals surface area contributed by atoms with Crippen LogP contribution in [0, 0.1) is 6.92 Å². The fourth-order valence-electron chi connectivity index (χ4n) is 3.36. The monoisotopic (exact) mass is 427 g/mol. The second-order valence-electron chi connectivity index (χ2n) is 6.70. The SMILES string of the molecule is CCc1cnc(C(C)Nc2ncnc3c(C)cc(Cl)cc23)n1-c1cc(Cl)ncn1. The summed E-state index contributed by atoms with van der Waals surface area (Å²) in [5.41, 5.74) is 2.88. The molecule has 0 aliphatic rings. The van der Waals surface area contributed by atoms with Crippen LogP contribution in [0.25, 0.3) is 16.7 Å². The molecule has 0 bridgehead atoms. The van der Waals surface area contributed by atoms with Gasteiger partial charge in [0.2, 0.25) is 0 Å². The molecule has 0 radical (unpaired) electrons. The first kappa shape index (κ1) is 19.5. The van der Waals surface area contributed by atoms with Crippen LogP contribution >= 0.6 is 23.2 Å². The van der Waals surface area contributed by atoms with Crippen molar-refractivity contribution in [2.24, 2.45) is 0 Å². The third-order valence-electron chi connectivity index (χ3n) is 4.71. The van der Waals surface area contributed by atoms with Crippen LogP contribution in [0.15, 0.2) is 37.1 Å². The minimum atomic E-state index is -0.165. The number of hydrogen-bond donors (Lipinski definition) is 1. The summed E-state index contributed by atoms with van der Waals surface area (Å²) < 4.78 is 1.99. The Balaban J connectivity index is 1.76. The second kappa shape index (κ2) is 7.93. The first-order chi connectivity index (χ1) is 14.0. The molecule has 148 valence electrons. The van der Waals surface area contributed by atoms with Gasteiger partial charge in [-0.2, -0.15) is 0 Å². The van der Waals surface area contributed by atoms with Crippen molar-refractivity contribution >= 4 is 39.9 Å². The van der Waals surface area contributed by atoms with E-state index >= 15 is 0 Å². The second-order valence-corrected chi connectivity index (χ2v) is 7.53. The Bertz CT molecular complexity index is 1190. The van der Waals surface area contributed by atoms with E-state index in [-0.39, 0.29) is 6.04 Å². The Hall–Kier alpha value is -2.77. The zero-order valence-corrected chi connectivity index (χ0v) is 17.7. The van der Waals surface area contributed by atoms with Crippen molar-refractivity contribution in [3.8, 4) is 5.82 Å². The quantitative estimate of drug-likeness (QED) is 0.453. The van der Waals surface area contributed by atoms with Gasteiger partial charge in [0, 0.05) is 28.4 Å². The summed E-state index contributed by atoms with van der Waals surface area (Å²) in [6.07, 6.45) is 5.64. The molecule has 1 unspecified atom stereocenters. The van der Waals surface area contributed by atoms with Gasteiger partial charge in [-0.1, -0.05) is 30.1 Å². The average Bonchev–Trinajstić information content (AvgIpc) is 3.13. The fourth-order valence-corrected chi connectivity index (χ4v) is 3.77. The summed E-state index contributed by atoms with van der Waals surface area (Å²) in [5.74, 6) is 2.16. The van der Waals surface area contributed by atoms with E-state index in [0.717, 1.165) is 34.4 Å². The number of anilines is 1. The smallest absolute Gasteiger partial charge is 0.143 e. The highest BCUT2D eigenvalue weighted by Crippen LogP contribution is 2.29. The molecule has 29 heavy (non-hydrogen) atoms. The molecule has 1 atom stereocenters. The molecule has 1 N–H and O–H groups in total. The molecule has 0 saturated heterocycles. The van der Waals surface area contributed by atoms with Crippen LogP contribution in [0.2, 0.25) is 10.2 Å². The van der Waals surface area contributed by atoms with E-state index in [9.17, 15) is 0 Å². The van der Waals surface area contributed by atoms with E-state index < -0.39 is 0 Å². The van der Waals surface area contributed by atoms with Crippen molar-refractivity contribution in [3.63, 3.8) is 0 Å². The molecule has 0 aliphatic heterocycles. The number of nitrogens with zero attached hydrogens (tertiary/aromatic N) is 6. The van der Waals surface area contributed by atoms with E-state index in [4.69, 9.17) is 23.2 Å². The molecule has 0 amide bonds. The van der Waals surface area contributed by atoms with Gasteiger partial charge in [-0.3, -0.25) is 4.57 Å². The van der Waals surface area contributed by atoms with Gasteiger partial charge in [0.25, 0.3) is 0 Å². The van der Waals surface area contributed by atoms with Crippen LogP contribution in [-0.4, -0.2) is 29.5 Å². The number of benzene rings is 1.